The molecule has 2 rings (SSSR count). The van der Waals surface area contributed by atoms with Crippen molar-refractivity contribution in [3.05, 3.63) is 57.6 Å². The van der Waals surface area contributed by atoms with Crippen molar-refractivity contribution in [2.75, 3.05) is 12.4 Å². The summed E-state index contributed by atoms with van der Waals surface area (Å²) in [6.07, 6.45) is 1.94. The van der Waals surface area contributed by atoms with E-state index in [4.69, 9.17) is 33.3 Å². The topological polar surface area (TPSA) is 30.5 Å². The quantitative estimate of drug-likeness (QED) is 0.654. The number of methoxy groups -OCH3 is 1. The van der Waals surface area contributed by atoms with E-state index in [1.54, 1.807) is 0 Å². The maximum absolute atomic E-state index is 6.37. The maximum Gasteiger partial charge on any atom is 0.260 e. The molecule has 1 N–H and O–H groups in total. The van der Waals surface area contributed by atoms with Crippen molar-refractivity contribution in [2.24, 2.45) is 0 Å². The van der Waals surface area contributed by atoms with Crippen LogP contribution in [0.2, 0.25) is 5.02 Å². The first-order valence-corrected chi connectivity index (χ1v) is 9.16. The van der Waals surface area contributed by atoms with Crippen LogP contribution >= 0.6 is 23.8 Å². The normalized spacial score (nSPS) is 10.4. The second-order valence-corrected chi connectivity index (χ2v) is 6.54. The fourth-order valence-electron chi connectivity index (χ4n) is 2.70. The van der Waals surface area contributed by atoms with Crippen molar-refractivity contribution in [3.63, 3.8) is 0 Å². The lowest BCUT2D eigenvalue weighted by Crippen LogP contribution is -2.13. The van der Waals surface area contributed by atoms with Crippen LogP contribution in [0.15, 0.2) is 30.3 Å². The van der Waals surface area contributed by atoms with Gasteiger partial charge in [0.15, 0.2) is 0 Å². The van der Waals surface area contributed by atoms with Gasteiger partial charge in [0.25, 0.3) is 5.17 Å². The highest BCUT2D eigenvalue weighted by atomic mass is 35.5. The Morgan fingerprint density at radius 3 is 2.52 bits per heavy atom. The molecule has 0 bridgehead atoms. The van der Waals surface area contributed by atoms with E-state index in [1.807, 2.05) is 18.2 Å². The third-order valence-corrected chi connectivity index (χ3v) is 4.82. The Hall–Kier alpha value is -1.78. The van der Waals surface area contributed by atoms with Gasteiger partial charge in [0.1, 0.15) is 12.4 Å². The number of ether oxygens (including phenoxy) is 2. The van der Waals surface area contributed by atoms with Gasteiger partial charge in [0.05, 0.1) is 7.11 Å². The van der Waals surface area contributed by atoms with Crippen LogP contribution in [-0.2, 0) is 24.2 Å². The van der Waals surface area contributed by atoms with Crippen molar-refractivity contribution in [1.29, 1.82) is 0 Å². The average molecular weight is 378 g/mol. The number of benzene rings is 2. The summed E-state index contributed by atoms with van der Waals surface area (Å²) in [5.74, 6) is 0.900. The van der Waals surface area contributed by atoms with Gasteiger partial charge in [-0.1, -0.05) is 37.6 Å². The van der Waals surface area contributed by atoms with Gasteiger partial charge in [0, 0.05) is 16.3 Å². The number of thiocarbonyl (C=S) groups is 1. The van der Waals surface area contributed by atoms with Crippen LogP contribution in [0.4, 0.5) is 5.69 Å². The highest BCUT2D eigenvalue weighted by Crippen LogP contribution is 2.29. The molecule has 2 aromatic rings. The molecular weight excluding hydrogens is 354 g/mol. The summed E-state index contributed by atoms with van der Waals surface area (Å²) in [4.78, 5) is 0. The summed E-state index contributed by atoms with van der Waals surface area (Å²) < 4.78 is 11.1. The van der Waals surface area contributed by atoms with Crippen LogP contribution in [0.3, 0.4) is 0 Å². The molecule has 0 aliphatic heterocycles. The van der Waals surface area contributed by atoms with E-state index < -0.39 is 0 Å². The number of nitrogens with one attached hydrogen (secondary N) is 1. The molecule has 0 unspecified atom stereocenters. The molecule has 0 fully saturated rings. The molecule has 5 heteroatoms. The molecule has 0 radical (unpaired) electrons. The molecule has 3 nitrogen and oxygen atoms in total. The fraction of sp³-hybridized carbons (Fsp3) is 0.350. The zero-order chi connectivity index (χ0) is 18.4. The third-order valence-electron chi connectivity index (χ3n) is 4.19. The zero-order valence-corrected chi connectivity index (χ0v) is 16.7. The van der Waals surface area contributed by atoms with E-state index in [2.05, 4.69) is 38.2 Å². The molecule has 25 heavy (non-hydrogen) atoms. The monoisotopic (exact) mass is 377 g/mol. The lowest BCUT2D eigenvalue weighted by molar-refractivity contribution is 0.303. The predicted octanol–water partition coefficient (Wildman–Crippen LogP) is 5.70. The van der Waals surface area contributed by atoms with E-state index in [-0.39, 0.29) is 0 Å². The van der Waals surface area contributed by atoms with E-state index in [0.29, 0.717) is 16.8 Å². The van der Waals surface area contributed by atoms with Gasteiger partial charge in [-0.3, -0.25) is 0 Å². The minimum atomic E-state index is 0.293. The Labute approximate surface area is 160 Å². The molecular formula is C20H24ClNO2S. The number of aryl methyl sites for hydroxylation is 3. The van der Waals surface area contributed by atoms with Gasteiger partial charge in [-0.05, 0) is 66.9 Å². The molecule has 0 saturated heterocycles. The standard InChI is InChI=1S/C20H24ClNO2S/c1-5-14-11-15(6-2)19(10-13(14)3)24-12-16-17(21)8-7-9-18(16)22-20(25)23-4/h7-11H,5-6,12H2,1-4H3,(H,22,25). The highest BCUT2D eigenvalue weighted by Gasteiger charge is 2.12. The lowest BCUT2D eigenvalue weighted by Gasteiger charge is -2.17. The molecule has 0 atom stereocenters. The first-order valence-electron chi connectivity index (χ1n) is 8.37. The van der Waals surface area contributed by atoms with Crippen LogP contribution in [0.1, 0.15) is 36.1 Å². The van der Waals surface area contributed by atoms with E-state index >= 15 is 0 Å². The first kappa shape index (κ1) is 19.5. The number of rotatable bonds is 6. The van der Waals surface area contributed by atoms with Crippen LogP contribution in [0, 0.1) is 6.92 Å². The number of hydrogen-bond acceptors (Lipinski definition) is 3. The van der Waals surface area contributed by atoms with Gasteiger partial charge >= 0.3 is 0 Å². The molecule has 0 aliphatic carbocycles. The number of anilines is 1. The lowest BCUT2D eigenvalue weighted by atomic mass is 10.0. The van der Waals surface area contributed by atoms with Gasteiger partial charge in [-0.25, -0.2) is 0 Å². The smallest absolute Gasteiger partial charge is 0.260 e. The summed E-state index contributed by atoms with van der Waals surface area (Å²) in [5.41, 5.74) is 5.45. The number of hydrogen-bond donors (Lipinski definition) is 1. The Bertz CT molecular complexity index is 762. The largest absolute Gasteiger partial charge is 0.488 e. The molecule has 0 saturated carbocycles. The molecule has 0 aromatic heterocycles. The second-order valence-electron chi connectivity index (χ2n) is 5.76. The Kier molecular flexibility index (Phi) is 7.09. The SMILES string of the molecule is CCc1cc(CC)c(OCc2c(Cl)cccc2NC(=S)OC)cc1C. The predicted molar refractivity (Wildman–Crippen MR) is 109 cm³/mol. The van der Waals surface area contributed by atoms with Gasteiger partial charge in [-0.15, -0.1) is 0 Å². The van der Waals surface area contributed by atoms with Crippen molar-refractivity contribution >= 4 is 34.7 Å². The molecule has 0 spiro atoms. The van der Waals surface area contributed by atoms with Gasteiger partial charge < -0.3 is 14.8 Å². The zero-order valence-electron chi connectivity index (χ0n) is 15.1. The van der Waals surface area contributed by atoms with Crippen molar-refractivity contribution in [3.8, 4) is 5.75 Å². The van der Waals surface area contributed by atoms with Crippen LogP contribution in [0.25, 0.3) is 0 Å². The van der Waals surface area contributed by atoms with Gasteiger partial charge in [-0.2, -0.15) is 0 Å². The molecule has 0 aliphatic rings. The van der Waals surface area contributed by atoms with E-state index in [1.165, 1.54) is 23.8 Å². The van der Waals surface area contributed by atoms with Gasteiger partial charge in [0.2, 0.25) is 0 Å². The minimum absolute atomic E-state index is 0.293. The summed E-state index contributed by atoms with van der Waals surface area (Å²) in [6, 6.07) is 9.96. The highest BCUT2D eigenvalue weighted by molar-refractivity contribution is 7.80. The summed E-state index contributed by atoms with van der Waals surface area (Å²) in [6.45, 7) is 6.77. The number of halogens is 1. The summed E-state index contributed by atoms with van der Waals surface area (Å²) >= 11 is 11.5. The third kappa shape index (κ3) is 4.86. The van der Waals surface area contributed by atoms with E-state index in [0.717, 1.165) is 29.8 Å². The maximum atomic E-state index is 6.37. The Morgan fingerprint density at radius 2 is 1.88 bits per heavy atom. The van der Waals surface area contributed by atoms with E-state index in [9.17, 15) is 0 Å². The summed E-state index contributed by atoms with van der Waals surface area (Å²) in [7, 11) is 1.53. The molecule has 0 heterocycles. The average Bonchev–Trinajstić information content (AvgIpc) is 2.61. The Morgan fingerprint density at radius 1 is 1.16 bits per heavy atom. The van der Waals surface area contributed by atoms with Crippen LogP contribution in [0.5, 0.6) is 5.75 Å². The van der Waals surface area contributed by atoms with Crippen LogP contribution in [-0.4, -0.2) is 12.3 Å². The fourth-order valence-corrected chi connectivity index (χ4v) is 3.04. The summed E-state index contributed by atoms with van der Waals surface area (Å²) in [5, 5.41) is 3.96. The minimum Gasteiger partial charge on any atom is -0.488 e. The van der Waals surface area contributed by atoms with Crippen molar-refractivity contribution in [1.82, 2.24) is 0 Å². The molecule has 0 amide bonds. The van der Waals surface area contributed by atoms with Crippen molar-refractivity contribution in [2.45, 2.75) is 40.2 Å². The molecule has 134 valence electrons. The Balaban J connectivity index is 2.27. The first-order chi connectivity index (χ1) is 12.0. The van der Waals surface area contributed by atoms with Crippen molar-refractivity contribution < 1.29 is 9.47 Å². The molecule has 2 aromatic carbocycles. The second kappa shape index (κ2) is 9.07. The van der Waals surface area contributed by atoms with Crippen LogP contribution < -0.4 is 10.1 Å².